The van der Waals surface area contributed by atoms with Crippen LogP contribution in [-0.4, -0.2) is 26.2 Å². The maximum absolute atomic E-state index is 3.40. The third kappa shape index (κ3) is 3.45. The maximum Gasteiger partial charge on any atom is 0.0402 e. The SMILES string of the molecule is CNC1CCN(c2ccccc2Cc2ccccc2)CC1. The van der Waals surface area contributed by atoms with E-state index in [0.29, 0.717) is 6.04 Å². The molecule has 0 spiro atoms. The van der Waals surface area contributed by atoms with E-state index in [1.54, 1.807) is 0 Å². The van der Waals surface area contributed by atoms with Gasteiger partial charge in [0.2, 0.25) is 0 Å². The largest absolute Gasteiger partial charge is 0.371 e. The molecule has 3 rings (SSSR count). The zero-order valence-electron chi connectivity index (χ0n) is 12.8. The normalized spacial score (nSPS) is 16.1. The predicted octanol–water partition coefficient (Wildman–Crippen LogP) is 3.47. The van der Waals surface area contributed by atoms with Crippen molar-refractivity contribution in [2.45, 2.75) is 25.3 Å². The zero-order valence-corrected chi connectivity index (χ0v) is 12.8. The maximum atomic E-state index is 3.40. The highest BCUT2D eigenvalue weighted by molar-refractivity contribution is 5.55. The zero-order chi connectivity index (χ0) is 14.5. The lowest BCUT2D eigenvalue weighted by molar-refractivity contribution is 0.442. The molecule has 1 heterocycles. The van der Waals surface area contributed by atoms with Gasteiger partial charge in [-0.2, -0.15) is 0 Å². The summed E-state index contributed by atoms with van der Waals surface area (Å²) in [7, 11) is 2.07. The smallest absolute Gasteiger partial charge is 0.0402 e. The van der Waals surface area contributed by atoms with Crippen molar-refractivity contribution in [3.8, 4) is 0 Å². The summed E-state index contributed by atoms with van der Waals surface area (Å²) in [5.41, 5.74) is 4.23. The highest BCUT2D eigenvalue weighted by atomic mass is 15.1. The quantitative estimate of drug-likeness (QED) is 0.922. The number of hydrogen-bond acceptors (Lipinski definition) is 2. The molecule has 1 fully saturated rings. The van der Waals surface area contributed by atoms with Crippen molar-refractivity contribution >= 4 is 5.69 Å². The Morgan fingerprint density at radius 3 is 2.33 bits per heavy atom. The summed E-state index contributed by atoms with van der Waals surface area (Å²) in [6.45, 7) is 2.30. The molecule has 2 aromatic rings. The minimum atomic E-state index is 0.683. The highest BCUT2D eigenvalue weighted by Crippen LogP contribution is 2.26. The molecule has 1 aliphatic rings. The first-order valence-electron chi connectivity index (χ1n) is 7.91. The molecule has 21 heavy (non-hydrogen) atoms. The van der Waals surface area contributed by atoms with Gasteiger partial charge < -0.3 is 10.2 Å². The van der Waals surface area contributed by atoms with Crippen molar-refractivity contribution in [1.82, 2.24) is 5.32 Å². The number of anilines is 1. The summed E-state index contributed by atoms with van der Waals surface area (Å²) < 4.78 is 0. The lowest BCUT2D eigenvalue weighted by Gasteiger charge is -2.34. The van der Waals surface area contributed by atoms with Gasteiger partial charge in [0.1, 0.15) is 0 Å². The van der Waals surface area contributed by atoms with Gasteiger partial charge in [-0.3, -0.25) is 0 Å². The topological polar surface area (TPSA) is 15.3 Å². The third-order valence-corrected chi connectivity index (χ3v) is 4.47. The Balaban J connectivity index is 1.77. The average Bonchev–Trinajstić information content (AvgIpc) is 2.56. The fourth-order valence-electron chi connectivity index (χ4n) is 3.19. The molecule has 0 atom stereocenters. The van der Waals surface area contributed by atoms with Crippen LogP contribution in [0.15, 0.2) is 54.6 Å². The van der Waals surface area contributed by atoms with Crippen LogP contribution in [0.25, 0.3) is 0 Å². The minimum absolute atomic E-state index is 0.683. The van der Waals surface area contributed by atoms with E-state index >= 15 is 0 Å². The van der Waals surface area contributed by atoms with E-state index in [0.717, 1.165) is 19.5 Å². The van der Waals surface area contributed by atoms with Gasteiger partial charge in [-0.25, -0.2) is 0 Å². The summed E-state index contributed by atoms with van der Waals surface area (Å²) in [6.07, 6.45) is 3.48. The Morgan fingerprint density at radius 1 is 0.952 bits per heavy atom. The summed E-state index contributed by atoms with van der Waals surface area (Å²) in [6, 6.07) is 20.3. The summed E-state index contributed by atoms with van der Waals surface area (Å²) in [4.78, 5) is 2.55. The fourth-order valence-corrected chi connectivity index (χ4v) is 3.19. The number of para-hydroxylation sites is 1. The first-order chi connectivity index (χ1) is 10.4. The molecule has 2 nitrogen and oxygen atoms in total. The molecule has 0 aromatic heterocycles. The second-order valence-corrected chi connectivity index (χ2v) is 5.84. The molecule has 0 radical (unpaired) electrons. The van der Waals surface area contributed by atoms with Crippen molar-refractivity contribution in [1.29, 1.82) is 0 Å². The summed E-state index contributed by atoms with van der Waals surface area (Å²) >= 11 is 0. The number of hydrogen-bond donors (Lipinski definition) is 1. The number of rotatable bonds is 4. The molecule has 0 aliphatic carbocycles. The van der Waals surface area contributed by atoms with Gasteiger partial charge >= 0.3 is 0 Å². The van der Waals surface area contributed by atoms with Crippen molar-refractivity contribution in [3.63, 3.8) is 0 Å². The first kappa shape index (κ1) is 14.2. The molecule has 1 N–H and O–H groups in total. The van der Waals surface area contributed by atoms with E-state index < -0.39 is 0 Å². The molecular weight excluding hydrogens is 256 g/mol. The van der Waals surface area contributed by atoms with Gasteiger partial charge in [-0.05, 0) is 43.5 Å². The molecular formula is C19H24N2. The molecule has 1 saturated heterocycles. The second-order valence-electron chi connectivity index (χ2n) is 5.84. The van der Waals surface area contributed by atoms with Crippen LogP contribution in [0, 0.1) is 0 Å². The van der Waals surface area contributed by atoms with Gasteiger partial charge in [0.15, 0.2) is 0 Å². The molecule has 0 bridgehead atoms. The van der Waals surface area contributed by atoms with Crippen LogP contribution in [0.4, 0.5) is 5.69 Å². The first-order valence-corrected chi connectivity index (χ1v) is 7.91. The Labute approximate surface area is 127 Å². The lowest BCUT2D eigenvalue weighted by Crippen LogP contribution is -2.41. The van der Waals surface area contributed by atoms with Crippen LogP contribution in [-0.2, 0) is 6.42 Å². The standard InChI is InChI=1S/C19H24N2/c1-20-18-11-13-21(14-12-18)19-10-6-5-9-17(19)15-16-7-3-2-4-8-16/h2-10,18,20H,11-15H2,1H3. The number of piperidine rings is 1. The van der Waals surface area contributed by atoms with E-state index in [9.17, 15) is 0 Å². The van der Waals surface area contributed by atoms with Gasteiger partial charge in [0.05, 0.1) is 0 Å². The van der Waals surface area contributed by atoms with Crippen molar-refractivity contribution < 1.29 is 0 Å². The van der Waals surface area contributed by atoms with Crippen LogP contribution in [0.5, 0.6) is 0 Å². The van der Waals surface area contributed by atoms with Crippen LogP contribution < -0.4 is 10.2 Å². The molecule has 1 aliphatic heterocycles. The Morgan fingerprint density at radius 2 is 1.62 bits per heavy atom. The molecule has 110 valence electrons. The number of benzene rings is 2. The summed E-state index contributed by atoms with van der Waals surface area (Å²) in [5, 5.41) is 3.40. The van der Waals surface area contributed by atoms with Gasteiger partial charge in [-0.15, -0.1) is 0 Å². The number of nitrogens with zero attached hydrogens (tertiary/aromatic N) is 1. The molecule has 0 saturated carbocycles. The highest BCUT2D eigenvalue weighted by Gasteiger charge is 2.19. The Hall–Kier alpha value is -1.80. The summed E-state index contributed by atoms with van der Waals surface area (Å²) in [5.74, 6) is 0. The predicted molar refractivity (Wildman–Crippen MR) is 90.0 cm³/mol. The van der Waals surface area contributed by atoms with Gasteiger partial charge in [-0.1, -0.05) is 48.5 Å². The van der Waals surface area contributed by atoms with Crippen molar-refractivity contribution in [2.75, 3.05) is 25.0 Å². The molecule has 2 heteroatoms. The number of nitrogens with one attached hydrogen (secondary N) is 1. The van der Waals surface area contributed by atoms with E-state index in [1.807, 2.05) is 0 Å². The molecule has 2 aromatic carbocycles. The van der Waals surface area contributed by atoms with Crippen LogP contribution in [0.3, 0.4) is 0 Å². The van der Waals surface area contributed by atoms with E-state index in [1.165, 1.54) is 29.7 Å². The van der Waals surface area contributed by atoms with Crippen LogP contribution in [0.1, 0.15) is 24.0 Å². The Kier molecular flexibility index (Phi) is 4.56. The second kappa shape index (κ2) is 6.77. The lowest BCUT2D eigenvalue weighted by atomic mass is 9.99. The van der Waals surface area contributed by atoms with Crippen LogP contribution in [0.2, 0.25) is 0 Å². The van der Waals surface area contributed by atoms with Gasteiger partial charge in [0.25, 0.3) is 0 Å². The third-order valence-electron chi connectivity index (χ3n) is 4.47. The van der Waals surface area contributed by atoms with E-state index in [-0.39, 0.29) is 0 Å². The van der Waals surface area contributed by atoms with E-state index in [2.05, 4.69) is 71.9 Å². The van der Waals surface area contributed by atoms with Crippen molar-refractivity contribution in [2.24, 2.45) is 0 Å². The monoisotopic (exact) mass is 280 g/mol. The molecule has 0 unspecified atom stereocenters. The Bertz CT molecular complexity index is 557. The molecule has 0 amide bonds. The van der Waals surface area contributed by atoms with Gasteiger partial charge in [0, 0.05) is 24.8 Å². The average molecular weight is 280 g/mol. The minimum Gasteiger partial charge on any atom is -0.371 e. The van der Waals surface area contributed by atoms with Crippen LogP contribution >= 0.6 is 0 Å². The van der Waals surface area contributed by atoms with E-state index in [4.69, 9.17) is 0 Å². The fraction of sp³-hybridized carbons (Fsp3) is 0.368. The van der Waals surface area contributed by atoms with Crippen molar-refractivity contribution in [3.05, 3.63) is 65.7 Å².